The summed E-state index contributed by atoms with van der Waals surface area (Å²) in [6.07, 6.45) is 9.10. The molecule has 0 radical (unpaired) electrons. The lowest BCUT2D eigenvalue weighted by molar-refractivity contribution is 0.0390. The fourth-order valence-corrected chi connectivity index (χ4v) is 3.35. The topological polar surface area (TPSA) is 12.5 Å². The molecule has 2 heteroatoms. The van der Waals surface area contributed by atoms with E-state index < -0.39 is 0 Å². The zero-order valence-electron chi connectivity index (χ0n) is 14.3. The molecule has 1 aromatic rings. The van der Waals surface area contributed by atoms with Crippen LogP contribution in [-0.2, 0) is 4.74 Å². The van der Waals surface area contributed by atoms with E-state index in [0.717, 1.165) is 45.7 Å². The number of allylic oxidation sites excluding steroid dienone is 5. The molecule has 2 aliphatic rings. The predicted octanol–water partition coefficient (Wildman–Crippen LogP) is 4.55. The number of rotatable bonds is 5. The molecule has 1 heterocycles. The molecule has 0 unspecified atom stereocenters. The van der Waals surface area contributed by atoms with Crippen molar-refractivity contribution in [2.24, 2.45) is 0 Å². The quantitative estimate of drug-likeness (QED) is 0.791. The first kappa shape index (κ1) is 16.2. The van der Waals surface area contributed by atoms with Crippen molar-refractivity contribution < 1.29 is 4.74 Å². The second kappa shape index (κ2) is 7.76. The first-order valence-electron chi connectivity index (χ1n) is 8.77. The molecule has 1 aromatic carbocycles. The number of morpholine rings is 1. The Morgan fingerprint density at radius 3 is 2.65 bits per heavy atom. The van der Waals surface area contributed by atoms with E-state index in [4.69, 9.17) is 4.74 Å². The minimum absolute atomic E-state index is 0.877. The summed E-state index contributed by atoms with van der Waals surface area (Å²) < 4.78 is 5.44. The van der Waals surface area contributed by atoms with Gasteiger partial charge in [-0.05, 0) is 47.6 Å². The second-order valence-electron chi connectivity index (χ2n) is 6.33. The summed E-state index contributed by atoms with van der Waals surface area (Å²) in [7, 11) is 0. The van der Waals surface area contributed by atoms with E-state index in [2.05, 4.69) is 61.2 Å². The summed E-state index contributed by atoms with van der Waals surface area (Å²) in [4.78, 5) is 2.51. The van der Waals surface area contributed by atoms with Gasteiger partial charge in [0.1, 0.15) is 0 Å². The molecule has 1 fully saturated rings. The Hall–Kier alpha value is -1.64. The van der Waals surface area contributed by atoms with Crippen LogP contribution >= 0.6 is 0 Å². The normalized spacial score (nSPS) is 20.7. The lowest BCUT2D eigenvalue weighted by atomic mass is 10.00. The van der Waals surface area contributed by atoms with Gasteiger partial charge in [-0.3, -0.25) is 4.90 Å². The molecular weight excluding hydrogens is 282 g/mol. The van der Waals surface area contributed by atoms with Crippen LogP contribution in [0.5, 0.6) is 0 Å². The number of hydrogen-bond acceptors (Lipinski definition) is 2. The van der Waals surface area contributed by atoms with E-state index in [1.54, 1.807) is 0 Å². The Balaban J connectivity index is 1.80. The van der Waals surface area contributed by atoms with Crippen LogP contribution in [0.4, 0.5) is 0 Å². The average Bonchev–Trinajstić information content (AvgIpc) is 2.98. The molecule has 1 aliphatic carbocycles. The third kappa shape index (κ3) is 3.82. The molecule has 1 saturated heterocycles. The van der Waals surface area contributed by atoms with Crippen LogP contribution in [-0.4, -0.2) is 37.7 Å². The van der Waals surface area contributed by atoms with Crippen LogP contribution in [0.15, 0.2) is 48.1 Å². The Bertz CT molecular complexity index is 633. The van der Waals surface area contributed by atoms with Crippen molar-refractivity contribution in [3.8, 4) is 0 Å². The minimum Gasteiger partial charge on any atom is -0.379 e. The van der Waals surface area contributed by atoms with Crippen molar-refractivity contribution in [2.45, 2.75) is 26.7 Å². The molecule has 2 nitrogen and oxygen atoms in total. The summed E-state index contributed by atoms with van der Waals surface area (Å²) in [5.41, 5.74) is 7.04. The summed E-state index contributed by atoms with van der Waals surface area (Å²) in [5, 5.41) is 0. The van der Waals surface area contributed by atoms with Crippen LogP contribution in [0, 0.1) is 0 Å². The Kier molecular flexibility index (Phi) is 5.47. The highest BCUT2D eigenvalue weighted by molar-refractivity contribution is 5.97. The van der Waals surface area contributed by atoms with E-state index in [9.17, 15) is 0 Å². The number of nitrogens with zero attached hydrogens (tertiary/aromatic N) is 1. The smallest absolute Gasteiger partial charge is 0.0594 e. The molecule has 0 bridgehead atoms. The van der Waals surface area contributed by atoms with E-state index >= 15 is 0 Å². The third-order valence-electron chi connectivity index (χ3n) is 4.71. The van der Waals surface area contributed by atoms with Crippen LogP contribution in [0.2, 0.25) is 0 Å². The van der Waals surface area contributed by atoms with Crippen molar-refractivity contribution in [3.05, 3.63) is 59.2 Å². The Labute approximate surface area is 140 Å². The van der Waals surface area contributed by atoms with Gasteiger partial charge in [0.05, 0.1) is 13.2 Å². The molecule has 0 spiro atoms. The minimum atomic E-state index is 0.877. The van der Waals surface area contributed by atoms with E-state index in [-0.39, 0.29) is 0 Å². The summed E-state index contributed by atoms with van der Waals surface area (Å²) in [6.45, 7) is 9.41. The molecule has 0 N–H and O–H groups in total. The Morgan fingerprint density at radius 1 is 1.17 bits per heavy atom. The molecule has 0 saturated carbocycles. The van der Waals surface area contributed by atoms with Gasteiger partial charge >= 0.3 is 0 Å². The fraction of sp³-hybridized carbons (Fsp3) is 0.429. The third-order valence-corrected chi connectivity index (χ3v) is 4.71. The van der Waals surface area contributed by atoms with Crippen LogP contribution in [0.1, 0.15) is 37.8 Å². The molecular formula is C21H27NO. The van der Waals surface area contributed by atoms with E-state index in [1.165, 1.54) is 27.8 Å². The number of benzene rings is 1. The molecule has 0 aromatic heterocycles. The van der Waals surface area contributed by atoms with Gasteiger partial charge in [0, 0.05) is 19.6 Å². The maximum Gasteiger partial charge on any atom is 0.0594 e. The van der Waals surface area contributed by atoms with Crippen molar-refractivity contribution in [1.82, 2.24) is 4.90 Å². The van der Waals surface area contributed by atoms with Gasteiger partial charge < -0.3 is 4.74 Å². The molecule has 0 amide bonds. The Morgan fingerprint density at radius 2 is 1.91 bits per heavy atom. The molecule has 23 heavy (non-hydrogen) atoms. The molecule has 1 aliphatic heterocycles. The SMILES string of the molecule is CC/C=C/C(C)=C1\C=C(CCN2CCOCC2)c2ccccc21. The van der Waals surface area contributed by atoms with E-state index in [1.807, 2.05) is 0 Å². The summed E-state index contributed by atoms with van der Waals surface area (Å²) >= 11 is 0. The zero-order chi connectivity index (χ0) is 16.1. The summed E-state index contributed by atoms with van der Waals surface area (Å²) in [6, 6.07) is 8.83. The van der Waals surface area contributed by atoms with Gasteiger partial charge in [-0.2, -0.15) is 0 Å². The van der Waals surface area contributed by atoms with Gasteiger partial charge in [-0.1, -0.05) is 49.4 Å². The maximum atomic E-state index is 5.44. The van der Waals surface area contributed by atoms with Crippen molar-refractivity contribution in [1.29, 1.82) is 0 Å². The van der Waals surface area contributed by atoms with Crippen LogP contribution in [0.3, 0.4) is 0 Å². The monoisotopic (exact) mass is 309 g/mol. The lowest BCUT2D eigenvalue weighted by Crippen LogP contribution is -2.36. The van der Waals surface area contributed by atoms with Crippen LogP contribution < -0.4 is 0 Å². The first-order valence-corrected chi connectivity index (χ1v) is 8.77. The standard InChI is InChI=1S/C21H27NO/c1-3-4-7-17(2)21-16-18(19-8-5-6-9-20(19)21)10-11-22-12-14-23-15-13-22/h4-9,16H,3,10-15H2,1-2H3/b7-4+,21-17+. The van der Waals surface area contributed by atoms with Gasteiger partial charge in [-0.15, -0.1) is 0 Å². The number of hydrogen-bond donors (Lipinski definition) is 0. The van der Waals surface area contributed by atoms with Gasteiger partial charge in [0.2, 0.25) is 0 Å². The fourth-order valence-electron chi connectivity index (χ4n) is 3.35. The maximum absolute atomic E-state index is 5.44. The highest BCUT2D eigenvalue weighted by Crippen LogP contribution is 2.38. The highest BCUT2D eigenvalue weighted by atomic mass is 16.5. The van der Waals surface area contributed by atoms with Crippen molar-refractivity contribution in [2.75, 3.05) is 32.8 Å². The van der Waals surface area contributed by atoms with Crippen molar-refractivity contribution >= 4 is 11.1 Å². The molecule has 122 valence electrons. The van der Waals surface area contributed by atoms with Crippen molar-refractivity contribution in [3.63, 3.8) is 0 Å². The van der Waals surface area contributed by atoms with Crippen LogP contribution in [0.25, 0.3) is 11.1 Å². The second-order valence-corrected chi connectivity index (χ2v) is 6.33. The summed E-state index contributed by atoms with van der Waals surface area (Å²) in [5.74, 6) is 0. The van der Waals surface area contributed by atoms with E-state index in [0.29, 0.717) is 0 Å². The molecule has 3 rings (SSSR count). The van der Waals surface area contributed by atoms with Gasteiger partial charge in [-0.25, -0.2) is 0 Å². The highest BCUT2D eigenvalue weighted by Gasteiger charge is 2.20. The largest absolute Gasteiger partial charge is 0.379 e. The lowest BCUT2D eigenvalue weighted by Gasteiger charge is -2.26. The number of fused-ring (bicyclic) bond motifs is 1. The van der Waals surface area contributed by atoms with Gasteiger partial charge in [0.15, 0.2) is 0 Å². The predicted molar refractivity (Wildman–Crippen MR) is 98.3 cm³/mol. The zero-order valence-corrected chi connectivity index (χ0v) is 14.3. The first-order chi connectivity index (χ1) is 11.3. The number of ether oxygens (including phenoxy) is 1. The average molecular weight is 309 g/mol. The molecule has 0 atom stereocenters. The van der Waals surface area contributed by atoms with Gasteiger partial charge in [0.25, 0.3) is 0 Å².